The van der Waals surface area contributed by atoms with Gasteiger partial charge in [0.2, 0.25) is 0 Å². The van der Waals surface area contributed by atoms with Gasteiger partial charge in [0.25, 0.3) is 0 Å². The highest BCUT2D eigenvalue weighted by Crippen LogP contribution is 2.35. The van der Waals surface area contributed by atoms with E-state index in [2.05, 4.69) is 6.58 Å². The van der Waals surface area contributed by atoms with E-state index in [1.807, 2.05) is 30.3 Å². The van der Waals surface area contributed by atoms with Gasteiger partial charge in [0.05, 0.1) is 5.02 Å². The summed E-state index contributed by atoms with van der Waals surface area (Å²) in [5.74, 6) is 0.517. The smallest absolute Gasteiger partial charge is 0.339 e. The van der Waals surface area contributed by atoms with E-state index in [1.165, 1.54) is 0 Å². The number of ether oxygens (including phenoxy) is 1. The number of halogens is 1. The molecule has 126 valence electrons. The summed E-state index contributed by atoms with van der Waals surface area (Å²) in [7, 11) is 0. The van der Waals surface area contributed by atoms with Crippen LogP contribution in [0.25, 0.3) is 17.0 Å². The van der Waals surface area contributed by atoms with Gasteiger partial charge in [-0.25, -0.2) is 4.79 Å². The highest BCUT2D eigenvalue weighted by molar-refractivity contribution is 6.32. The van der Waals surface area contributed by atoms with Crippen molar-refractivity contribution in [1.82, 2.24) is 0 Å². The Balaban J connectivity index is 1.65. The summed E-state index contributed by atoms with van der Waals surface area (Å²) in [5.41, 5.74) is 4.24. The fraction of sp³-hybridized carbons (Fsp3) is 0.190. The lowest BCUT2D eigenvalue weighted by Crippen LogP contribution is -2.07. The van der Waals surface area contributed by atoms with Gasteiger partial charge in [0.1, 0.15) is 17.9 Å². The average molecular weight is 353 g/mol. The quantitative estimate of drug-likeness (QED) is 0.609. The van der Waals surface area contributed by atoms with Crippen LogP contribution < -0.4 is 10.4 Å². The lowest BCUT2D eigenvalue weighted by Gasteiger charge is -2.11. The van der Waals surface area contributed by atoms with Crippen molar-refractivity contribution < 1.29 is 9.15 Å². The molecule has 0 amide bonds. The SMILES string of the molecule is C=Cc1ccc(COc2cc3oc(=O)c4c(c3cc2Cl)CCC4)cc1. The Hall–Kier alpha value is -2.52. The molecule has 4 heteroatoms. The molecule has 0 atom stereocenters. The first-order chi connectivity index (χ1) is 12.2. The summed E-state index contributed by atoms with van der Waals surface area (Å²) in [5, 5.41) is 1.44. The van der Waals surface area contributed by atoms with Gasteiger partial charge in [-0.1, -0.05) is 48.5 Å². The fourth-order valence-corrected chi connectivity index (χ4v) is 3.52. The van der Waals surface area contributed by atoms with Crippen molar-refractivity contribution in [1.29, 1.82) is 0 Å². The fourth-order valence-electron chi connectivity index (χ4n) is 3.30. The van der Waals surface area contributed by atoms with Crippen molar-refractivity contribution in [2.45, 2.75) is 25.9 Å². The molecule has 3 nitrogen and oxygen atoms in total. The number of hydrogen-bond acceptors (Lipinski definition) is 3. The Kier molecular flexibility index (Phi) is 4.10. The molecule has 2 aromatic carbocycles. The Morgan fingerprint density at radius 1 is 1.16 bits per heavy atom. The van der Waals surface area contributed by atoms with E-state index in [9.17, 15) is 4.79 Å². The zero-order chi connectivity index (χ0) is 17.4. The largest absolute Gasteiger partial charge is 0.487 e. The molecule has 1 aliphatic carbocycles. The second-order valence-corrected chi connectivity index (χ2v) is 6.62. The first-order valence-corrected chi connectivity index (χ1v) is 8.66. The monoisotopic (exact) mass is 352 g/mol. The molecule has 0 fully saturated rings. The van der Waals surface area contributed by atoms with Crippen molar-refractivity contribution in [2.75, 3.05) is 0 Å². The van der Waals surface area contributed by atoms with E-state index < -0.39 is 0 Å². The predicted molar refractivity (Wildman–Crippen MR) is 100 cm³/mol. The number of benzene rings is 2. The Bertz CT molecular complexity index is 1020. The molecular formula is C21H17ClO3. The second-order valence-electron chi connectivity index (χ2n) is 6.21. The van der Waals surface area contributed by atoms with Crippen LogP contribution in [0.1, 0.15) is 28.7 Å². The Labute approximate surface area is 150 Å². The summed E-state index contributed by atoms with van der Waals surface area (Å²) >= 11 is 6.40. The number of aryl methyl sites for hydroxylation is 1. The Morgan fingerprint density at radius 2 is 1.92 bits per heavy atom. The number of rotatable bonds is 4. The van der Waals surface area contributed by atoms with Gasteiger partial charge in [-0.2, -0.15) is 0 Å². The molecule has 0 saturated heterocycles. The second kappa shape index (κ2) is 6.41. The van der Waals surface area contributed by atoms with Crippen molar-refractivity contribution in [3.05, 3.63) is 80.7 Å². The zero-order valence-electron chi connectivity index (χ0n) is 13.7. The predicted octanol–water partition coefficient (Wildman–Crippen LogP) is 5.16. The molecular weight excluding hydrogens is 336 g/mol. The van der Waals surface area contributed by atoms with Gasteiger partial charge in [-0.15, -0.1) is 0 Å². The zero-order valence-corrected chi connectivity index (χ0v) is 14.4. The minimum absolute atomic E-state index is 0.242. The van der Waals surface area contributed by atoms with E-state index >= 15 is 0 Å². The molecule has 1 heterocycles. The van der Waals surface area contributed by atoms with Gasteiger partial charge in [-0.05, 0) is 42.0 Å². The third-order valence-corrected chi connectivity index (χ3v) is 4.93. The molecule has 0 unspecified atom stereocenters. The first kappa shape index (κ1) is 16.0. The highest BCUT2D eigenvalue weighted by atomic mass is 35.5. The summed E-state index contributed by atoms with van der Waals surface area (Å²) in [4.78, 5) is 12.1. The van der Waals surface area contributed by atoms with E-state index in [-0.39, 0.29) is 5.63 Å². The standard InChI is InChI=1S/C21H17ClO3/c1-2-13-6-8-14(9-7-13)12-24-20-11-19-17(10-18(20)22)15-4-3-5-16(15)21(23)25-19/h2,6-11H,1,3-5,12H2. The summed E-state index contributed by atoms with van der Waals surface area (Å²) in [6, 6.07) is 11.5. The minimum Gasteiger partial charge on any atom is -0.487 e. The molecule has 0 aliphatic heterocycles. The molecule has 25 heavy (non-hydrogen) atoms. The molecule has 0 N–H and O–H groups in total. The highest BCUT2D eigenvalue weighted by Gasteiger charge is 2.20. The van der Waals surface area contributed by atoms with E-state index in [4.69, 9.17) is 20.8 Å². The van der Waals surface area contributed by atoms with E-state index in [0.717, 1.165) is 46.9 Å². The van der Waals surface area contributed by atoms with Crippen LogP contribution in [0.4, 0.5) is 0 Å². The van der Waals surface area contributed by atoms with E-state index in [0.29, 0.717) is 23.0 Å². The van der Waals surface area contributed by atoms with Crippen molar-refractivity contribution in [3.8, 4) is 5.75 Å². The van der Waals surface area contributed by atoms with Gasteiger partial charge in [0, 0.05) is 17.0 Å². The maximum atomic E-state index is 12.1. The van der Waals surface area contributed by atoms with Crippen molar-refractivity contribution in [3.63, 3.8) is 0 Å². The van der Waals surface area contributed by atoms with Crippen LogP contribution in [0.15, 0.2) is 52.2 Å². The molecule has 0 radical (unpaired) electrons. The molecule has 0 bridgehead atoms. The molecule has 0 spiro atoms. The van der Waals surface area contributed by atoms with Gasteiger partial charge >= 0.3 is 5.63 Å². The third kappa shape index (κ3) is 2.96. The van der Waals surface area contributed by atoms with Crippen LogP contribution in [-0.2, 0) is 19.4 Å². The van der Waals surface area contributed by atoms with Crippen LogP contribution in [0.3, 0.4) is 0 Å². The maximum Gasteiger partial charge on any atom is 0.339 e. The molecule has 1 aromatic heterocycles. The number of fused-ring (bicyclic) bond motifs is 3. The summed E-state index contributed by atoms with van der Waals surface area (Å²) in [6.45, 7) is 4.13. The number of hydrogen-bond donors (Lipinski definition) is 0. The van der Waals surface area contributed by atoms with Crippen molar-refractivity contribution in [2.24, 2.45) is 0 Å². The van der Waals surface area contributed by atoms with Crippen molar-refractivity contribution >= 4 is 28.6 Å². The molecule has 4 rings (SSSR count). The maximum absolute atomic E-state index is 12.1. The lowest BCUT2D eigenvalue weighted by molar-refractivity contribution is 0.306. The summed E-state index contributed by atoms with van der Waals surface area (Å²) in [6.07, 6.45) is 4.45. The minimum atomic E-state index is -0.242. The molecule has 0 saturated carbocycles. The average Bonchev–Trinajstić information content (AvgIpc) is 3.12. The van der Waals surface area contributed by atoms with Crippen LogP contribution in [0.2, 0.25) is 5.02 Å². The van der Waals surface area contributed by atoms with Gasteiger partial charge in [0.15, 0.2) is 0 Å². The first-order valence-electron chi connectivity index (χ1n) is 8.28. The van der Waals surface area contributed by atoms with Crippen LogP contribution >= 0.6 is 11.6 Å². The lowest BCUT2D eigenvalue weighted by atomic mass is 10.1. The van der Waals surface area contributed by atoms with Crippen LogP contribution in [0.5, 0.6) is 5.75 Å². The normalized spacial score (nSPS) is 13.0. The topological polar surface area (TPSA) is 39.4 Å². The third-order valence-electron chi connectivity index (χ3n) is 4.64. The van der Waals surface area contributed by atoms with Crippen LogP contribution in [0, 0.1) is 0 Å². The summed E-state index contributed by atoms with van der Waals surface area (Å²) < 4.78 is 11.3. The van der Waals surface area contributed by atoms with Gasteiger partial charge < -0.3 is 9.15 Å². The van der Waals surface area contributed by atoms with E-state index in [1.54, 1.807) is 12.1 Å². The van der Waals surface area contributed by atoms with Gasteiger partial charge in [-0.3, -0.25) is 0 Å². The molecule has 3 aromatic rings. The van der Waals surface area contributed by atoms with Crippen LogP contribution in [-0.4, -0.2) is 0 Å². The Morgan fingerprint density at radius 3 is 2.68 bits per heavy atom. The molecule has 1 aliphatic rings.